The average molecular weight is 415 g/mol. The summed E-state index contributed by atoms with van der Waals surface area (Å²) in [5.74, 6) is 0.674. The predicted molar refractivity (Wildman–Crippen MR) is 88.1 cm³/mol. The number of hydrogen-bond donors (Lipinski definition) is 1. The van der Waals surface area contributed by atoms with E-state index < -0.39 is 0 Å². The van der Waals surface area contributed by atoms with Gasteiger partial charge in [-0.2, -0.15) is 0 Å². The van der Waals surface area contributed by atoms with Crippen molar-refractivity contribution in [1.29, 1.82) is 0 Å². The highest BCUT2D eigenvalue weighted by atomic mass is 79.9. The van der Waals surface area contributed by atoms with E-state index in [-0.39, 0.29) is 11.9 Å². The standard InChI is InChI=1S/C16H14Br2FNO/c17-12-5-10-3-4-21-16(10)11(6-12)8-15(20)9-1-2-14(19)13(18)7-9/h1-2,5-7,15H,3-4,8,20H2. The Bertz CT molecular complexity index is 690. The lowest BCUT2D eigenvalue weighted by Gasteiger charge is -2.15. The molecular weight excluding hydrogens is 401 g/mol. The molecule has 0 aromatic heterocycles. The van der Waals surface area contributed by atoms with E-state index in [0.29, 0.717) is 10.9 Å². The van der Waals surface area contributed by atoms with E-state index in [1.165, 1.54) is 11.6 Å². The van der Waals surface area contributed by atoms with Crippen LogP contribution in [0.5, 0.6) is 5.75 Å². The van der Waals surface area contributed by atoms with Gasteiger partial charge in [-0.15, -0.1) is 0 Å². The SMILES string of the molecule is NC(Cc1cc(Br)cc2c1OCC2)c1ccc(F)c(Br)c1. The molecule has 1 unspecified atom stereocenters. The van der Waals surface area contributed by atoms with Crippen LogP contribution in [0.3, 0.4) is 0 Å². The molecule has 110 valence electrons. The summed E-state index contributed by atoms with van der Waals surface area (Å²) in [6.45, 7) is 0.718. The largest absolute Gasteiger partial charge is 0.493 e. The van der Waals surface area contributed by atoms with Gasteiger partial charge in [0.25, 0.3) is 0 Å². The van der Waals surface area contributed by atoms with Gasteiger partial charge in [0.2, 0.25) is 0 Å². The molecule has 21 heavy (non-hydrogen) atoms. The summed E-state index contributed by atoms with van der Waals surface area (Å²) >= 11 is 6.73. The minimum Gasteiger partial charge on any atom is -0.493 e. The van der Waals surface area contributed by atoms with Crippen LogP contribution < -0.4 is 10.5 Å². The van der Waals surface area contributed by atoms with E-state index in [1.54, 1.807) is 12.1 Å². The van der Waals surface area contributed by atoms with Crippen LogP contribution in [-0.2, 0) is 12.8 Å². The number of nitrogens with two attached hydrogens (primary N) is 1. The molecular formula is C16H14Br2FNO. The second-order valence-electron chi connectivity index (χ2n) is 5.14. The molecule has 3 rings (SSSR count). The van der Waals surface area contributed by atoms with Gasteiger partial charge in [0.1, 0.15) is 11.6 Å². The molecule has 2 aromatic rings. The minimum absolute atomic E-state index is 0.204. The number of rotatable bonds is 3. The van der Waals surface area contributed by atoms with Crippen molar-refractivity contribution in [3.05, 3.63) is 61.8 Å². The van der Waals surface area contributed by atoms with Crippen LogP contribution in [0.1, 0.15) is 22.7 Å². The van der Waals surface area contributed by atoms with Crippen molar-refractivity contribution in [2.24, 2.45) is 5.73 Å². The first-order valence-electron chi connectivity index (χ1n) is 6.69. The molecule has 0 aliphatic carbocycles. The molecule has 0 spiro atoms. The van der Waals surface area contributed by atoms with Gasteiger partial charge >= 0.3 is 0 Å². The van der Waals surface area contributed by atoms with Crippen LogP contribution in [0.2, 0.25) is 0 Å². The Morgan fingerprint density at radius 1 is 1.24 bits per heavy atom. The van der Waals surface area contributed by atoms with E-state index in [2.05, 4.69) is 37.9 Å². The Morgan fingerprint density at radius 3 is 2.81 bits per heavy atom. The summed E-state index contributed by atoms with van der Waals surface area (Å²) < 4.78 is 20.5. The number of ether oxygens (including phenoxy) is 1. The zero-order valence-corrected chi connectivity index (χ0v) is 14.4. The van der Waals surface area contributed by atoms with E-state index in [0.717, 1.165) is 34.4 Å². The lowest BCUT2D eigenvalue weighted by atomic mass is 9.97. The third kappa shape index (κ3) is 3.15. The lowest BCUT2D eigenvalue weighted by molar-refractivity contribution is 0.352. The summed E-state index contributed by atoms with van der Waals surface area (Å²) in [6.07, 6.45) is 1.58. The molecule has 0 fully saturated rings. The number of halogens is 3. The maximum Gasteiger partial charge on any atom is 0.137 e. The van der Waals surface area contributed by atoms with E-state index in [9.17, 15) is 4.39 Å². The molecule has 2 aromatic carbocycles. The van der Waals surface area contributed by atoms with Gasteiger partial charge in [-0.3, -0.25) is 0 Å². The molecule has 2 N–H and O–H groups in total. The fourth-order valence-electron chi connectivity index (χ4n) is 2.60. The van der Waals surface area contributed by atoms with Crippen molar-refractivity contribution in [2.75, 3.05) is 6.61 Å². The zero-order valence-electron chi connectivity index (χ0n) is 11.2. The van der Waals surface area contributed by atoms with Crippen LogP contribution >= 0.6 is 31.9 Å². The molecule has 1 heterocycles. The Morgan fingerprint density at radius 2 is 2.05 bits per heavy atom. The van der Waals surface area contributed by atoms with Gasteiger partial charge < -0.3 is 10.5 Å². The second kappa shape index (κ2) is 6.07. The van der Waals surface area contributed by atoms with Crippen molar-refractivity contribution in [2.45, 2.75) is 18.9 Å². The first-order valence-corrected chi connectivity index (χ1v) is 8.28. The van der Waals surface area contributed by atoms with E-state index in [1.807, 2.05) is 6.07 Å². The van der Waals surface area contributed by atoms with Crippen LogP contribution in [0, 0.1) is 5.82 Å². The Hall–Kier alpha value is -0.910. The quantitative estimate of drug-likeness (QED) is 0.800. The maximum absolute atomic E-state index is 13.3. The fraction of sp³-hybridized carbons (Fsp3) is 0.250. The van der Waals surface area contributed by atoms with Crippen molar-refractivity contribution in [3.63, 3.8) is 0 Å². The molecule has 0 saturated heterocycles. The third-order valence-corrected chi connectivity index (χ3v) is 4.70. The third-order valence-electron chi connectivity index (χ3n) is 3.64. The maximum atomic E-state index is 13.3. The number of benzene rings is 2. The highest BCUT2D eigenvalue weighted by molar-refractivity contribution is 9.10. The van der Waals surface area contributed by atoms with Gasteiger partial charge in [0.05, 0.1) is 11.1 Å². The Balaban J connectivity index is 1.88. The summed E-state index contributed by atoms with van der Waals surface area (Å²) in [5.41, 5.74) is 9.48. The highest BCUT2D eigenvalue weighted by Gasteiger charge is 2.20. The van der Waals surface area contributed by atoms with Crippen molar-refractivity contribution in [1.82, 2.24) is 0 Å². The summed E-state index contributed by atoms with van der Waals surface area (Å²) in [7, 11) is 0. The van der Waals surface area contributed by atoms with Crippen molar-refractivity contribution < 1.29 is 9.13 Å². The molecule has 1 aliphatic rings. The Labute approximate surface area is 139 Å². The molecule has 5 heteroatoms. The smallest absolute Gasteiger partial charge is 0.137 e. The first kappa shape index (κ1) is 15.0. The molecule has 1 atom stereocenters. The minimum atomic E-state index is -0.280. The molecule has 0 bridgehead atoms. The van der Waals surface area contributed by atoms with Gasteiger partial charge in [0, 0.05) is 16.9 Å². The number of fused-ring (bicyclic) bond motifs is 1. The van der Waals surface area contributed by atoms with Gasteiger partial charge in [-0.05, 0) is 63.3 Å². The molecule has 1 aliphatic heterocycles. The normalized spacial score (nSPS) is 14.7. The first-order chi connectivity index (χ1) is 10.0. The van der Waals surface area contributed by atoms with Crippen LogP contribution in [0.15, 0.2) is 39.3 Å². The van der Waals surface area contributed by atoms with Crippen LogP contribution in [-0.4, -0.2) is 6.61 Å². The molecule has 2 nitrogen and oxygen atoms in total. The monoisotopic (exact) mass is 413 g/mol. The predicted octanol–water partition coefficient (Wildman–Crippen LogP) is 4.53. The van der Waals surface area contributed by atoms with Gasteiger partial charge in [-0.1, -0.05) is 22.0 Å². The summed E-state index contributed by atoms with van der Waals surface area (Å²) in [6, 6.07) is 8.82. The van der Waals surface area contributed by atoms with Crippen molar-refractivity contribution >= 4 is 31.9 Å². The summed E-state index contributed by atoms with van der Waals surface area (Å²) in [5, 5.41) is 0. The second-order valence-corrected chi connectivity index (χ2v) is 6.91. The van der Waals surface area contributed by atoms with Gasteiger partial charge in [-0.25, -0.2) is 4.39 Å². The molecule has 0 saturated carbocycles. The zero-order chi connectivity index (χ0) is 15.0. The lowest BCUT2D eigenvalue weighted by Crippen LogP contribution is -2.14. The van der Waals surface area contributed by atoms with E-state index >= 15 is 0 Å². The molecule has 0 amide bonds. The number of hydrogen-bond acceptors (Lipinski definition) is 2. The molecule has 0 radical (unpaired) electrons. The van der Waals surface area contributed by atoms with Crippen LogP contribution in [0.25, 0.3) is 0 Å². The average Bonchev–Trinajstić information content (AvgIpc) is 2.90. The van der Waals surface area contributed by atoms with E-state index in [4.69, 9.17) is 10.5 Å². The highest BCUT2D eigenvalue weighted by Crippen LogP contribution is 2.35. The summed E-state index contributed by atoms with van der Waals surface area (Å²) in [4.78, 5) is 0. The van der Waals surface area contributed by atoms with Crippen LogP contribution in [0.4, 0.5) is 4.39 Å². The van der Waals surface area contributed by atoms with Crippen molar-refractivity contribution in [3.8, 4) is 5.75 Å². The topological polar surface area (TPSA) is 35.2 Å². The fourth-order valence-corrected chi connectivity index (χ4v) is 3.54. The Kier molecular flexibility index (Phi) is 4.33. The van der Waals surface area contributed by atoms with Gasteiger partial charge in [0.15, 0.2) is 0 Å².